The van der Waals surface area contributed by atoms with Crippen LogP contribution in [0.4, 0.5) is 16.2 Å². The topological polar surface area (TPSA) is 87.7 Å². The third-order valence-electron chi connectivity index (χ3n) is 2.43. The molecule has 0 spiro atoms. The minimum absolute atomic E-state index is 0.292. The van der Waals surface area contributed by atoms with Gasteiger partial charge in [-0.25, -0.2) is 4.79 Å². The molecule has 0 aliphatic carbocycles. The van der Waals surface area contributed by atoms with E-state index in [2.05, 4.69) is 10.6 Å². The number of nitrogens with zero attached hydrogens (tertiary/aromatic N) is 1. The molecular formula is C13H21N3O4. The maximum Gasteiger partial charge on any atom is 0.407 e. The van der Waals surface area contributed by atoms with E-state index in [4.69, 9.17) is 4.74 Å². The molecule has 0 aliphatic rings. The van der Waals surface area contributed by atoms with Gasteiger partial charge in [-0.15, -0.1) is 0 Å². The van der Waals surface area contributed by atoms with E-state index in [1.807, 2.05) is 0 Å². The van der Waals surface area contributed by atoms with Crippen molar-refractivity contribution in [2.24, 2.45) is 0 Å². The quantitative estimate of drug-likeness (QED) is 0.596. The first-order valence-electron chi connectivity index (χ1n) is 6.35. The summed E-state index contributed by atoms with van der Waals surface area (Å²) in [5, 5.41) is 5.40. The van der Waals surface area contributed by atoms with Crippen molar-refractivity contribution < 1.29 is 9.53 Å². The Morgan fingerprint density at radius 3 is 2.25 bits per heavy atom. The van der Waals surface area contributed by atoms with Gasteiger partial charge in [-0.05, 0) is 20.8 Å². The molecule has 0 atom stereocenters. The van der Waals surface area contributed by atoms with Crippen molar-refractivity contribution in [2.75, 3.05) is 37.4 Å². The zero-order valence-corrected chi connectivity index (χ0v) is 12.5. The summed E-state index contributed by atoms with van der Waals surface area (Å²) < 4.78 is 5.06. The number of carbonyl (C=O) groups is 1. The van der Waals surface area contributed by atoms with E-state index < -0.39 is 22.6 Å². The number of hydrogen-bond acceptors (Lipinski definition) is 6. The molecule has 1 aromatic carbocycles. The fourth-order valence-electron chi connectivity index (χ4n) is 1.64. The van der Waals surface area contributed by atoms with Crippen molar-refractivity contribution in [3.8, 4) is 0 Å². The second kappa shape index (κ2) is 5.94. The monoisotopic (exact) mass is 283 g/mol. The Bertz CT molecular complexity index is 551. The Kier molecular flexibility index (Phi) is 4.75. The lowest BCUT2D eigenvalue weighted by molar-refractivity contribution is 0.0530. The number of nitrogens with one attached hydrogen (secondary N) is 2. The molecule has 2 N–H and O–H groups in total. The first-order valence-corrected chi connectivity index (χ1v) is 6.35. The average Bonchev–Trinajstić information content (AvgIpc) is 2.29. The molecule has 0 aromatic heterocycles. The molecule has 0 aliphatic heterocycles. The molecule has 1 rings (SSSR count). The standard InChI is InChI=1S/C13H21N3O4/c1-13(2,3)20-12(19)15-7-6-14-8-9(16(4)5)11(18)10(8)17/h14H,6-7H2,1-5H3,(H,15,19). The van der Waals surface area contributed by atoms with Crippen LogP contribution in [0.3, 0.4) is 0 Å². The van der Waals surface area contributed by atoms with Crippen LogP contribution in [0.5, 0.6) is 0 Å². The minimum Gasteiger partial charge on any atom is -0.444 e. The second-order valence-electron chi connectivity index (χ2n) is 5.63. The summed E-state index contributed by atoms with van der Waals surface area (Å²) in [6, 6.07) is 0. The van der Waals surface area contributed by atoms with Crippen LogP contribution in [0.2, 0.25) is 0 Å². The Hall–Kier alpha value is -2.05. The maximum absolute atomic E-state index is 11.4. The smallest absolute Gasteiger partial charge is 0.407 e. The highest BCUT2D eigenvalue weighted by atomic mass is 16.6. The van der Waals surface area contributed by atoms with E-state index in [1.165, 1.54) is 0 Å². The number of anilines is 2. The van der Waals surface area contributed by atoms with Gasteiger partial charge in [0, 0.05) is 27.2 Å². The molecule has 0 radical (unpaired) electrons. The van der Waals surface area contributed by atoms with Gasteiger partial charge < -0.3 is 20.3 Å². The number of rotatable bonds is 5. The largest absolute Gasteiger partial charge is 0.444 e. The fourth-order valence-corrected chi connectivity index (χ4v) is 1.64. The third kappa shape index (κ3) is 3.97. The van der Waals surface area contributed by atoms with Gasteiger partial charge in [-0.2, -0.15) is 0 Å². The van der Waals surface area contributed by atoms with E-state index in [-0.39, 0.29) is 0 Å². The number of alkyl carbamates (subject to hydrolysis) is 1. The Morgan fingerprint density at radius 2 is 1.75 bits per heavy atom. The SMILES string of the molecule is CN(C)c1c(NCCNC(=O)OC(C)(C)C)c(=O)c1=O. The van der Waals surface area contributed by atoms with E-state index in [0.29, 0.717) is 24.5 Å². The lowest BCUT2D eigenvalue weighted by atomic mass is 10.2. The summed E-state index contributed by atoms with van der Waals surface area (Å²) in [6.07, 6.45) is -0.517. The van der Waals surface area contributed by atoms with Gasteiger partial charge in [0.15, 0.2) is 0 Å². The summed E-state index contributed by atoms with van der Waals surface area (Å²) in [5.41, 5.74) is -0.893. The van der Waals surface area contributed by atoms with Crippen LogP contribution in [0.1, 0.15) is 20.8 Å². The molecular weight excluding hydrogens is 262 g/mol. The summed E-state index contributed by atoms with van der Waals surface area (Å²) in [6.45, 7) is 5.96. The zero-order valence-electron chi connectivity index (χ0n) is 12.5. The van der Waals surface area contributed by atoms with Gasteiger partial charge in [-0.3, -0.25) is 9.59 Å². The van der Waals surface area contributed by atoms with Crippen molar-refractivity contribution in [3.63, 3.8) is 0 Å². The summed E-state index contributed by atoms with van der Waals surface area (Å²) in [7, 11) is 3.39. The van der Waals surface area contributed by atoms with E-state index >= 15 is 0 Å². The lowest BCUT2D eigenvalue weighted by Crippen LogP contribution is -2.41. The maximum atomic E-state index is 11.4. The number of amides is 1. The molecule has 1 amide bonds. The normalized spacial score (nSPS) is 11.2. The second-order valence-corrected chi connectivity index (χ2v) is 5.63. The fraction of sp³-hybridized carbons (Fsp3) is 0.615. The van der Waals surface area contributed by atoms with Crippen molar-refractivity contribution in [3.05, 3.63) is 20.4 Å². The van der Waals surface area contributed by atoms with Crippen LogP contribution >= 0.6 is 0 Å². The highest BCUT2D eigenvalue weighted by Crippen LogP contribution is 2.16. The predicted octanol–water partition coefficient (Wildman–Crippen LogP) is 0.285. The molecule has 7 nitrogen and oxygen atoms in total. The number of hydrogen-bond donors (Lipinski definition) is 2. The van der Waals surface area contributed by atoms with Gasteiger partial charge in [-0.1, -0.05) is 0 Å². The van der Waals surface area contributed by atoms with Crippen LogP contribution < -0.4 is 26.4 Å². The molecule has 112 valence electrons. The van der Waals surface area contributed by atoms with Crippen LogP contribution in [0.25, 0.3) is 0 Å². The predicted molar refractivity (Wildman–Crippen MR) is 78.4 cm³/mol. The van der Waals surface area contributed by atoms with Crippen LogP contribution in [0, 0.1) is 0 Å². The Labute approximate surface area is 117 Å². The van der Waals surface area contributed by atoms with Crippen molar-refractivity contribution >= 4 is 17.5 Å². The lowest BCUT2D eigenvalue weighted by Gasteiger charge is -2.21. The van der Waals surface area contributed by atoms with Gasteiger partial charge in [0.2, 0.25) is 0 Å². The minimum atomic E-state index is -0.547. The molecule has 0 unspecified atom stereocenters. The number of ether oxygens (including phenoxy) is 1. The molecule has 0 saturated heterocycles. The van der Waals surface area contributed by atoms with Gasteiger partial charge in [0.05, 0.1) is 0 Å². The molecule has 0 fully saturated rings. The average molecular weight is 283 g/mol. The first kappa shape index (κ1) is 16.0. The first-order chi connectivity index (χ1) is 9.13. The molecule has 20 heavy (non-hydrogen) atoms. The highest BCUT2D eigenvalue weighted by Gasteiger charge is 2.22. The molecule has 1 aromatic rings. The summed E-state index contributed by atoms with van der Waals surface area (Å²) >= 11 is 0. The molecule has 7 heteroatoms. The van der Waals surface area contributed by atoms with Crippen LogP contribution in [-0.2, 0) is 4.74 Å². The van der Waals surface area contributed by atoms with Crippen LogP contribution in [-0.4, -0.2) is 38.9 Å². The highest BCUT2D eigenvalue weighted by molar-refractivity contribution is 5.74. The molecule has 0 bridgehead atoms. The van der Waals surface area contributed by atoms with Crippen molar-refractivity contribution in [1.29, 1.82) is 0 Å². The number of carbonyl (C=O) groups excluding carboxylic acids is 1. The van der Waals surface area contributed by atoms with Crippen LogP contribution in [0.15, 0.2) is 9.59 Å². The third-order valence-corrected chi connectivity index (χ3v) is 2.43. The zero-order chi connectivity index (χ0) is 15.5. The van der Waals surface area contributed by atoms with E-state index in [1.54, 1.807) is 39.8 Å². The molecule has 0 saturated carbocycles. The van der Waals surface area contributed by atoms with Crippen molar-refractivity contribution in [1.82, 2.24) is 5.32 Å². The van der Waals surface area contributed by atoms with Crippen molar-refractivity contribution in [2.45, 2.75) is 26.4 Å². The Morgan fingerprint density at radius 1 is 1.15 bits per heavy atom. The summed E-state index contributed by atoms with van der Waals surface area (Å²) in [4.78, 5) is 35.7. The Balaban J connectivity index is 2.40. The van der Waals surface area contributed by atoms with E-state index in [0.717, 1.165) is 0 Å². The molecule has 0 heterocycles. The van der Waals surface area contributed by atoms with E-state index in [9.17, 15) is 14.4 Å². The van der Waals surface area contributed by atoms with Gasteiger partial charge in [0.1, 0.15) is 17.0 Å². The summed E-state index contributed by atoms with van der Waals surface area (Å²) in [5.74, 6) is 0. The van der Waals surface area contributed by atoms with Gasteiger partial charge in [0.25, 0.3) is 10.9 Å². The van der Waals surface area contributed by atoms with Gasteiger partial charge >= 0.3 is 6.09 Å².